The van der Waals surface area contributed by atoms with E-state index in [0.717, 1.165) is 24.6 Å². The standard InChI is InChI=1S/C15H22N2O2/c1-11(2)17-6-5-13(9-17)16-8-12-3-4-14-15(7-12)19-10-18-14/h3-4,7,11,13,16H,5-6,8-10H2,1-2H3. The summed E-state index contributed by atoms with van der Waals surface area (Å²) in [5, 5.41) is 3.64. The Morgan fingerprint density at radius 2 is 2.16 bits per heavy atom. The van der Waals surface area contributed by atoms with E-state index in [1.807, 2.05) is 6.07 Å². The Hall–Kier alpha value is -1.26. The molecule has 0 radical (unpaired) electrons. The second kappa shape index (κ2) is 5.39. The zero-order valence-electron chi connectivity index (χ0n) is 11.7. The molecule has 4 heteroatoms. The molecule has 2 aliphatic heterocycles. The zero-order chi connectivity index (χ0) is 13.2. The molecule has 1 atom stereocenters. The molecule has 1 unspecified atom stereocenters. The normalized spacial score (nSPS) is 22.4. The third-order valence-electron chi connectivity index (χ3n) is 3.98. The van der Waals surface area contributed by atoms with E-state index in [4.69, 9.17) is 9.47 Å². The highest BCUT2D eigenvalue weighted by molar-refractivity contribution is 5.44. The molecular formula is C15H22N2O2. The van der Waals surface area contributed by atoms with E-state index in [1.54, 1.807) is 0 Å². The Labute approximate surface area is 114 Å². The van der Waals surface area contributed by atoms with Crippen LogP contribution in [0.3, 0.4) is 0 Å². The van der Waals surface area contributed by atoms with Crippen LogP contribution in [0.2, 0.25) is 0 Å². The van der Waals surface area contributed by atoms with Crippen molar-refractivity contribution < 1.29 is 9.47 Å². The number of likely N-dealkylation sites (tertiary alicyclic amines) is 1. The molecule has 104 valence electrons. The molecule has 1 N–H and O–H groups in total. The van der Waals surface area contributed by atoms with Crippen LogP contribution in [0.15, 0.2) is 18.2 Å². The van der Waals surface area contributed by atoms with Crippen LogP contribution in [0.25, 0.3) is 0 Å². The van der Waals surface area contributed by atoms with Crippen LogP contribution in [-0.4, -0.2) is 36.9 Å². The van der Waals surface area contributed by atoms with Crippen molar-refractivity contribution in [3.8, 4) is 11.5 Å². The quantitative estimate of drug-likeness (QED) is 0.899. The maximum Gasteiger partial charge on any atom is 0.231 e. The van der Waals surface area contributed by atoms with Gasteiger partial charge in [-0.15, -0.1) is 0 Å². The first-order chi connectivity index (χ1) is 9.22. The SMILES string of the molecule is CC(C)N1CCC(NCc2ccc3c(c2)OCO3)C1. The second-order valence-corrected chi connectivity index (χ2v) is 5.64. The number of hydrogen-bond donors (Lipinski definition) is 1. The third kappa shape index (κ3) is 2.85. The molecule has 2 heterocycles. The molecule has 4 nitrogen and oxygen atoms in total. The van der Waals surface area contributed by atoms with Gasteiger partial charge < -0.3 is 14.8 Å². The minimum atomic E-state index is 0.345. The lowest BCUT2D eigenvalue weighted by molar-refractivity contribution is 0.174. The summed E-state index contributed by atoms with van der Waals surface area (Å²) in [4.78, 5) is 2.53. The molecule has 0 saturated carbocycles. The molecule has 0 bridgehead atoms. The predicted molar refractivity (Wildman–Crippen MR) is 74.5 cm³/mol. The van der Waals surface area contributed by atoms with Gasteiger partial charge in [-0.1, -0.05) is 6.07 Å². The van der Waals surface area contributed by atoms with E-state index in [0.29, 0.717) is 18.9 Å². The van der Waals surface area contributed by atoms with Crippen LogP contribution in [0.5, 0.6) is 11.5 Å². The lowest BCUT2D eigenvalue weighted by atomic mass is 10.2. The Bertz CT molecular complexity index is 448. The first kappa shape index (κ1) is 12.8. The van der Waals surface area contributed by atoms with E-state index in [-0.39, 0.29) is 0 Å². The van der Waals surface area contributed by atoms with Crippen molar-refractivity contribution in [2.75, 3.05) is 19.9 Å². The molecule has 0 spiro atoms. The molecule has 0 aromatic heterocycles. The second-order valence-electron chi connectivity index (χ2n) is 5.64. The van der Waals surface area contributed by atoms with Crippen LogP contribution < -0.4 is 14.8 Å². The fourth-order valence-electron chi connectivity index (χ4n) is 2.74. The highest BCUT2D eigenvalue weighted by Gasteiger charge is 2.23. The van der Waals surface area contributed by atoms with Crippen molar-refractivity contribution in [2.45, 2.75) is 38.9 Å². The van der Waals surface area contributed by atoms with Gasteiger partial charge in [0.2, 0.25) is 6.79 Å². The molecule has 1 fully saturated rings. The van der Waals surface area contributed by atoms with E-state index < -0.39 is 0 Å². The average molecular weight is 262 g/mol. The van der Waals surface area contributed by atoms with Crippen LogP contribution in [0.4, 0.5) is 0 Å². The van der Waals surface area contributed by atoms with Crippen LogP contribution in [0.1, 0.15) is 25.8 Å². The predicted octanol–water partition coefficient (Wildman–Crippen LogP) is 1.99. The fraction of sp³-hybridized carbons (Fsp3) is 0.600. The van der Waals surface area contributed by atoms with Crippen molar-refractivity contribution in [1.29, 1.82) is 0 Å². The van der Waals surface area contributed by atoms with Crippen molar-refractivity contribution in [2.24, 2.45) is 0 Å². The van der Waals surface area contributed by atoms with Gasteiger partial charge in [-0.05, 0) is 44.5 Å². The Morgan fingerprint density at radius 3 is 2.95 bits per heavy atom. The van der Waals surface area contributed by atoms with Gasteiger partial charge in [0, 0.05) is 25.2 Å². The molecule has 2 aliphatic rings. The molecule has 1 aromatic rings. The van der Waals surface area contributed by atoms with Crippen molar-refractivity contribution in [3.05, 3.63) is 23.8 Å². The van der Waals surface area contributed by atoms with Gasteiger partial charge in [0.05, 0.1) is 0 Å². The Morgan fingerprint density at radius 1 is 1.32 bits per heavy atom. The van der Waals surface area contributed by atoms with Crippen molar-refractivity contribution in [3.63, 3.8) is 0 Å². The van der Waals surface area contributed by atoms with Gasteiger partial charge in [-0.25, -0.2) is 0 Å². The van der Waals surface area contributed by atoms with Gasteiger partial charge in [0.25, 0.3) is 0 Å². The van der Waals surface area contributed by atoms with E-state index in [1.165, 1.54) is 18.5 Å². The summed E-state index contributed by atoms with van der Waals surface area (Å²) in [6.07, 6.45) is 1.24. The third-order valence-corrected chi connectivity index (χ3v) is 3.98. The monoisotopic (exact) mass is 262 g/mol. The molecule has 19 heavy (non-hydrogen) atoms. The Kier molecular flexibility index (Phi) is 3.62. The molecule has 0 aliphatic carbocycles. The number of rotatable bonds is 4. The van der Waals surface area contributed by atoms with Crippen LogP contribution in [0, 0.1) is 0 Å². The summed E-state index contributed by atoms with van der Waals surface area (Å²) in [5.41, 5.74) is 1.26. The zero-order valence-corrected chi connectivity index (χ0v) is 11.7. The maximum absolute atomic E-state index is 5.40. The largest absolute Gasteiger partial charge is 0.454 e. The van der Waals surface area contributed by atoms with Gasteiger partial charge in [0.1, 0.15) is 0 Å². The molecule has 3 rings (SSSR count). The minimum absolute atomic E-state index is 0.345. The topological polar surface area (TPSA) is 33.7 Å². The molecule has 1 aromatic carbocycles. The first-order valence-corrected chi connectivity index (χ1v) is 7.08. The average Bonchev–Trinajstić information content (AvgIpc) is 3.04. The molecule has 1 saturated heterocycles. The van der Waals surface area contributed by atoms with Gasteiger partial charge in [-0.2, -0.15) is 0 Å². The number of nitrogens with one attached hydrogen (secondary N) is 1. The first-order valence-electron chi connectivity index (χ1n) is 7.08. The molecule has 0 amide bonds. The summed E-state index contributed by atoms with van der Waals surface area (Å²) >= 11 is 0. The van der Waals surface area contributed by atoms with E-state index >= 15 is 0 Å². The van der Waals surface area contributed by atoms with Crippen LogP contribution in [-0.2, 0) is 6.54 Å². The fourth-order valence-corrected chi connectivity index (χ4v) is 2.74. The number of nitrogens with zero attached hydrogens (tertiary/aromatic N) is 1. The van der Waals surface area contributed by atoms with Crippen molar-refractivity contribution >= 4 is 0 Å². The number of benzene rings is 1. The van der Waals surface area contributed by atoms with Crippen LogP contribution >= 0.6 is 0 Å². The summed E-state index contributed by atoms with van der Waals surface area (Å²) in [5.74, 6) is 1.73. The van der Waals surface area contributed by atoms with Crippen molar-refractivity contribution in [1.82, 2.24) is 10.2 Å². The summed E-state index contributed by atoms with van der Waals surface area (Å²) in [7, 11) is 0. The number of ether oxygens (including phenoxy) is 2. The summed E-state index contributed by atoms with van der Waals surface area (Å²) in [6, 6.07) is 7.43. The highest BCUT2D eigenvalue weighted by atomic mass is 16.7. The van der Waals surface area contributed by atoms with E-state index in [2.05, 4.69) is 36.2 Å². The smallest absolute Gasteiger partial charge is 0.231 e. The van der Waals surface area contributed by atoms with Gasteiger partial charge >= 0.3 is 0 Å². The summed E-state index contributed by atoms with van der Waals surface area (Å²) in [6.45, 7) is 8.13. The van der Waals surface area contributed by atoms with Gasteiger partial charge in [-0.3, -0.25) is 4.90 Å². The van der Waals surface area contributed by atoms with E-state index in [9.17, 15) is 0 Å². The number of fused-ring (bicyclic) bond motifs is 1. The maximum atomic E-state index is 5.40. The molecular weight excluding hydrogens is 240 g/mol. The Balaban J connectivity index is 1.53. The summed E-state index contributed by atoms with van der Waals surface area (Å²) < 4.78 is 10.7. The lowest BCUT2D eigenvalue weighted by Crippen LogP contribution is -2.34. The minimum Gasteiger partial charge on any atom is -0.454 e. The lowest BCUT2D eigenvalue weighted by Gasteiger charge is -2.20. The van der Waals surface area contributed by atoms with Gasteiger partial charge in [0.15, 0.2) is 11.5 Å². The highest BCUT2D eigenvalue weighted by Crippen LogP contribution is 2.32. The number of hydrogen-bond acceptors (Lipinski definition) is 4.